The molecule has 0 radical (unpaired) electrons. The monoisotopic (exact) mass is 491 g/mol. The molecule has 1 aliphatic carbocycles. The van der Waals surface area contributed by atoms with E-state index in [-0.39, 0.29) is 24.0 Å². The second-order valence-electron chi connectivity index (χ2n) is 6.58. The molecule has 0 unspecified atom stereocenters. The maximum absolute atomic E-state index is 5.73. The van der Waals surface area contributed by atoms with Crippen LogP contribution in [0.5, 0.6) is 5.75 Å². The molecule has 0 saturated heterocycles. The summed E-state index contributed by atoms with van der Waals surface area (Å²) in [4.78, 5) is 6.74. The number of aliphatic imine (C=N–C) groups is 1. The van der Waals surface area contributed by atoms with E-state index in [0.717, 1.165) is 49.5 Å². The van der Waals surface area contributed by atoms with E-state index in [1.807, 2.05) is 31.3 Å². The highest BCUT2D eigenvalue weighted by Gasteiger charge is 2.21. The van der Waals surface area contributed by atoms with Crippen LogP contribution in [-0.4, -0.2) is 64.5 Å². The molecule has 0 aliphatic heterocycles. The zero-order valence-corrected chi connectivity index (χ0v) is 19.1. The number of guanidine groups is 1. The highest BCUT2D eigenvalue weighted by atomic mass is 127. The lowest BCUT2D eigenvalue weighted by molar-refractivity contribution is 0.114. The summed E-state index contributed by atoms with van der Waals surface area (Å²) in [5, 5.41) is 3.32. The second-order valence-corrected chi connectivity index (χ2v) is 6.58. The molecule has 0 aromatic heterocycles. The Morgan fingerprint density at radius 3 is 2.78 bits per heavy atom. The summed E-state index contributed by atoms with van der Waals surface area (Å²) in [5.41, 5.74) is 1.10. The zero-order chi connectivity index (χ0) is 18.6. The maximum atomic E-state index is 5.73. The predicted molar refractivity (Wildman–Crippen MR) is 120 cm³/mol. The largest absolute Gasteiger partial charge is 0.497 e. The van der Waals surface area contributed by atoms with Crippen LogP contribution in [-0.2, 0) is 16.1 Å². The normalized spacial score (nSPS) is 13.8. The fourth-order valence-electron chi connectivity index (χ4n) is 2.48. The van der Waals surface area contributed by atoms with Gasteiger partial charge in [0.2, 0.25) is 0 Å². The van der Waals surface area contributed by atoms with Crippen molar-refractivity contribution in [3.63, 3.8) is 0 Å². The summed E-state index contributed by atoms with van der Waals surface area (Å²) in [6, 6.07) is 7.92. The van der Waals surface area contributed by atoms with Gasteiger partial charge in [-0.25, -0.2) is 0 Å². The highest BCUT2D eigenvalue weighted by molar-refractivity contribution is 14.0. The number of benzene rings is 1. The van der Waals surface area contributed by atoms with E-state index in [2.05, 4.69) is 22.1 Å². The molecule has 1 aromatic carbocycles. The molecule has 0 amide bonds. The summed E-state index contributed by atoms with van der Waals surface area (Å²) >= 11 is 0. The van der Waals surface area contributed by atoms with E-state index in [4.69, 9.17) is 14.2 Å². The molecule has 1 aromatic rings. The number of nitrogens with one attached hydrogen (secondary N) is 1. The van der Waals surface area contributed by atoms with Gasteiger partial charge in [-0.2, -0.15) is 0 Å². The van der Waals surface area contributed by atoms with Crippen molar-refractivity contribution < 1.29 is 14.2 Å². The topological polar surface area (TPSA) is 55.3 Å². The average Bonchev–Trinajstić information content (AvgIpc) is 3.48. The molecule has 0 spiro atoms. The lowest BCUT2D eigenvalue weighted by atomic mass is 10.2. The summed E-state index contributed by atoms with van der Waals surface area (Å²) in [7, 11) is 3.71. The first kappa shape index (κ1) is 24.0. The minimum Gasteiger partial charge on any atom is -0.497 e. The number of nitrogens with zero attached hydrogens (tertiary/aromatic N) is 2. The van der Waals surface area contributed by atoms with Crippen molar-refractivity contribution in [3.8, 4) is 5.75 Å². The van der Waals surface area contributed by atoms with Gasteiger partial charge in [-0.3, -0.25) is 4.99 Å². The molecule has 1 N–H and O–H groups in total. The van der Waals surface area contributed by atoms with Gasteiger partial charge in [-0.15, -0.1) is 24.0 Å². The van der Waals surface area contributed by atoms with Crippen LogP contribution in [0, 0.1) is 5.92 Å². The Balaban J connectivity index is 0.00000364. The van der Waals surface area contributed by atoms with Gasteiger partial charge in [0.05, 0.1) is 33.5 Å². The van der Waals surface area contributed by atoms with Crippen molar-refractivity contribution in [2.45, 2.75) is 26.4 Å². The van der Waals surface area contributed by atoms with Gasteiger partial charge in [0.1, 0.15) is 5.75 Å². The Morgan fingerprint density at radius 1 is 1.26 bits per heavy atom. The van der Waals surface area contributed by atoms with E-state index in [9.17, 15) is 0 Å². The average molecular weight is 491 g/mol. The Hall–Kier alpha value is -1.06. The first-order valence-corrected chi connectivity index (χ1v) is 9.50. The van der Waals surface area contributed by atoms with Crippen LogP contribution in [0.3, 0.4) is 0 Å². The Kier molecular flexibility index (Phi) is 12.4. The van der Waals surface area contributed by atoms with E-state index in [0.29, 0.717) is 19.8 Å². The fourth-order valence-corrected chi connectivity index (χ4v) is 2.48. The summed E-state index contributed by atoms with van der Waals surface area (Å²) in [5.74, 6) is 2.56. The maximum Gasteiger partial charge on any atom is 0.193 e. The van der Waals surface area contributed by atoms with E-state index in [1.54, 1.807) is 7.11 Å². The van der Waals surface area contributed by atoms with Crippen molar-refractivity contribution in [3.05, 3.63) is 29.8 Å². The quantitative estimate of drug-likeness (QED) is 0.211. The van der Waals surface area contributed by atoms with Crippen LogP contribution in [0.2, 0.25) is 0 Å². The lowest BCUT2D eigenvalue weighted by Gasteiger charge is -2.22. The number of methoxy groups -OCH3 is 1. The van der Waals surface area contributed by atoms with Crippen molar-refractivity contribution in [2.24, 2.45) is 10.9 Å². The number of hydrogen-bond donors (Lipinski definition) is 1. The fraction of sp³-hybridized carbons (Fsp3) is 0.650. The Labute approximate surface area is 180 Å². The first-order chi connectivity index (χ1) is 12.7. The SMILES string of the molecule is CCNC(=NCCOCc1cccc(OC)c1)N(C)CCOCC1CC1.I. The Morgan fingerprint density at radius 2 is 2.07 bits per heavy atom. The molecule has 1 fully saturated rings. The first-order valence-electron chi connectivity index (χ1n) is 9.50. The molecule has 1 aliphatic rings. The molecule has 27 heavy (non-hydrogen) atoms. The second kappa shape index (κ2) is 14.0. The molecule has 1 saturated carbocycles. The summed E-state index contributed by atoms with van der Waals surface area (Å²) in [6.45, 7) is 7.17. The zero-order valence-electron chi connectivity index (χ0n) is 16.8. The van der Waals surface area contributed by atoms with Crippen molar-refractivity contribution in [1.29, 1.82) is 0 Å². The molecule has 6 nitrogen and oxygen atoms in total. The van der Waals surface area contributed by atoms with Gasteiger partial charge < -0.3 is 24.4 Å². The smallest absolute Gasteiger partial charge is 0.193 e. The summed E-state index contributed by atoms with van der Waals surface area (Å²) in [6.07, 6.45) is 2.66. The van der Waals surface area contributed by atoms with Crippen LogP contribution >= 0.6 is 24.0 Å². The van der Waals surface area contributed by atoms with Crippen molar-refractivity contribution in [2.75, 3.05) is 53.6 Å². The molecular formula is C20H34IN3O3. The van der Waals surface area contributed by atoms with E-state index >= 15 is 0 Å². The van der Waals surface area contributed by atoms with Gasteiger partial charge in [0.25, 0.3) is 0 Å². The number of hydrogen-bond acceptors (Lipinski definition) is 4. The minimum absolute atomic E-state index is 0. The van der Waals surface area contributed by atoms with E-state index in [1.165, 1.54) is 12.8 Å². The molecule has 0 bridgehead atoms. The highest BCUT2D eigenvalue weighted by Crippen LogP contribution is 2.28. The molecule has 7 heteroatoms. The third kappa shape index (κ3) is 10.2. The lowest BCUT2D eigenvalue weighted by Crippen LogP contribution is -2.40. The molecule has 0 atom stereocenters. The number of halogens is 1. The predicted octanol–water partition coefficient (Wildman–Crippen LogP) is 3.15. The Bertz CT molecular complexity index is 553. The van der Waals surface area contributed by atoms with Crippen LogP contribution in [0.25, 0.3) is 0 Å². The third-order valence-electron chi connectivity index (χ3n) is 4.22. The van der Waals surface area contributed by atoms with Crippen LogP contribution in [0.15, 0.2) is 29.3 Å². The van der Waals surface area contributed by atoms with Crippen LogP contribution in [0.4, 0.5) is 0 Å². The number of likely N-dealkylation sites (N-methyl/N-ethyl adjacent to an activating group) is 1. The van der Waals surface area contributed by atoms with Gasteiger partial charge >= 0.3 is 0 Å². The van der Waals surface area contributed by atoms with Crippen molar-refractivity contribution in [1.82, 2.24) is 10.2 Å². The molecular weight excluding hydrogens is 457 g/mol. The van der Waals surface area contributed by atoms with Crippen LogP contribution in [0.1, 0.15) is 25.3 Å². The number of rotatable bonds is 12. The standard InChI is InChI=1S/C20H33N3O3.HI/c1-4-21-20(23(2)11-13-26-15-17-8-9-17)22-10-12-25-16-18-6-5-7-19(14-18)24-3;/h5-7,14,17H,4,8-13,15-16H2,1-3H3,(H,21,22);1H. The number of ether oxygens (including phenoxy) is 3. The van der Waals surface area contributed by atoms with E-state index < -0.39 is 0 Å². The van der Waals surface area contributed by atoms with Crippen molar-refractivity contribution >= 4 is 29.9 Å². The molecule has 0 heterocycles. The van der Waals surface area contributed by atoms with Gasteiger partial charge in [0, 0.05) is 26.7 Å². The minimum atomic E-state index is 0. The van der Waals surface area contributed by atoms with Crippen LogP contribution < -0.4 is 10.1 Å². The van der Waals surface area contributed by atoms with Gasteiger partial charge in [-0.05, 0) is 43.4 Å². The summed E-state index contributed by atoms with van der Waals surface area (Å²) < 4.78 is 16.7. The third-order valence-corrected chi connectivity index (χ3v) is 4.22. The van der Waals surface area contributed by atoms with Gasteiger partial charge in [0.15, 0.2) is 5.96 Å². The van der Waals surface area contributed by atoms with Gasteiger partial charge in [-0.1, -0.05) is 12.1 Å². The molecule has 154 valence electrons. The molecule has 2 rings (SSSR count).